The maximum absolute atomic E-state index is 12.0. The van der Waals surface area contributed by atoms with Gasteiger partial charge in [0.05, 0.1) is 6.07 Å². The lowest BCUT2D eigenvalue weighted by atomic mass is 10.5. The molecule has 0 aliphatic heterocycles. The Labute approximate surface area is 104 Å². The summed E-state index contributed by atoms with van der Waals surface area (Å²) in [7, 11) is 2.92. The van der Waals surface area contributed by atoms with Gasteiger partial charge in [-0.15, -0.1) is 0 Å². The Kier molecular flexibility index (Phi) is 2.63. The SMILES string of the molecule is Cn1c(=O)c2c(nc(Br)n2CC#N)n(C)c1=O. The molecule has 2 heterocycles. The van der Waals surface area contributed by atoms with Crippen LogP contribution in [0.1, 0.15) is 0 Å². The first-order valence-electron chi connectivity index (χ1n) is 4.67. The van der Waals surface area contributed by atoms with E-state index in [4.69, 9.17) is 5.26 Å². The van der Waals surface area contributed by atoms with Crippen molar-refractivity contribution in [2.45, 2.75) is 6.54 Å². The highest BCUT2D eigenvalue weighted by Crippen LogP contribution is 2.15. The Morgan fingerprint density at radius 3 is 2.59 bits per heavy atom. The average Bonchev–Trinajstić information content (AvgIpc) is 2.62. The molecule has 0 bridgehead atoms. The molecule has 2 aromatic heterocycles. The van der Waals surface area contributed by atoms with Crippen molar-refractivity contribution < 1.29 is 0 Å². The molecule has 0 aliphatic carbocycles. The zero-order valence-electron chi connectivity index (χ0n) is 9.14. The number of hydrogen-bond donors (Lipinski definition) is 0. The van der Waals surface area contributed by atoms with Crippen LogP contribution in [0.4, 0.5) is 0 Å². The number of nitrogens with zero attached hydrogens (tertiary/aromatic N) is 5. The van der Waals surface area contributed by atoms with E-state index >= 15 is 0 Å². The summed E-state index contributed by atoms with van der Waals surface area (Å²) in [4.78, 5) is 27.7. The number of aromatic nitrogens is 4. The molecule has 0 fully saturated rings. The lowest BCUT2D eigenvalue weighted by Crippen LogP contribution is -2.37. The number of fused-ring (bicyclic) bond motifs is 1. The van der Waals surface area contributed by atoms with Gasteiger partial charge in [-0.3, -0.25) is 18.5 Å². The summed E-state index contributed by atoms with van der Waals surface area (Å²) in [5, 5.41) is 8.71. The number of nitriles is 1. The molecule has 8 heteroatoms. The second-order valence-corrected chi connectivity index (χ2v) is 4.21. The van der Waals surface area contributed by atoms with Crippen molar-refractivity contribution in [1.82, 2.24) is 18.7 Å². The second kappa shape index (κ2) is 3.85. The third kappa shape index (κ3) is 1.51. The molecule has 2 rings (SSSR count). The van der Waals surface area contributed by atoms with E-state index in [1.54, 1.807) is 0 Å². The van der Waals surface area contributed by atoms with Crippen molar-refractivity contribution in [3.63, 3.8) is 0 Å². The van der Waals surface area contributed by atoms with Gasteiger partial charge in [-0.2, -0.15) is 5.26 Å². The molecule has 0 atom stereocenters. The largest absolute Gasteiger partial charge is 0.332 e. The van der Waals surface area contributed by atoms with E-state index in [2.05, 4.69) is 20.9 Å². The molecule has 0 N–H and O–H groups in total. The molecule has 0 amide bonds. The van der Waals surface area contributed by atoms with Crippen LogP contribution in [0.2, 0.25) is 0 Å². The van der Waals surface area contributed by atoms with Crippen molar-refractivity contribution in [3.8, 4) is 6.07 Å². The van der Waals surface area contributed by atoms with Gasteiger partial charge in [0.25, 0.3) is 5.56 Å². The fraction of sp³-hybridized carbons (Fsp3) is 0.333. The Morgan fingerprint density at radius 1 is 1.35 bits per heavy atom. The van der Waals surface area contributed by atoms with Crippen molar-refractivity contribution >= 4 is 27.1 Å². The van der Waals surface area contributed by atoms with Gasteiger partial charge in [0.1, 0.15) is 6.54 Å². The van der Waals surface area contributed by atoms with Crippen molar-refractivity contribution in [3.05, 3.63) is 25.6 Å². The lowest BCUT2D eigenvalue weighted by Gasteiger charge is -2.03. The predicted octanol–water partition coefficient (Wildman–Crippen LogP) is -0.280. The van der Waals surface area contributed by atoms with Crippen molar-refractivity contribution in [1.29, 1.82) is 5.26 Å². The van der Waals surface area contributed by atoms with Crippen LogP contribution >= 0.6 is 15.9 Å². The minimum Gasteiger partial charge on any atom is -0.299 e. The van der Waals surface area contributed by atoms with E-state index in [-0.39, 0.29) is 17.7 Å². The Bertz CT molecular complexity index is 761. The topological polar surface area (TPSA) is 85.6 Å². The monoisotopic (exact) mass is 297 g/mol. The summed E-state index contributed by atoms with van der Waals surface area (Å²) in [5.74, 6) is 0. The zero-order valence-corrected chi connectivity index (χ0v) is 10.7. The molecule has 17 heavy (non-hydrogen) atoms. The van der Waals surface area contributed by atoms with Crippen LogP contribution in [-0.2, 0) is 20.6 Å². The smallest absolute Gasteiger partial charge is 0.299 e. The standard InChI is InChI=1S/C9H8BrN5O2/c1-13-6-5(7(16)14(2)9(13)17)15(4-3-11)8(10)12-6/h4H2,1-2H3. The number of halogens is 1. The summed E-state index contributed by atoms with van der Waals surface area (Å²) in [6.07, 6.45) is 0. The number of hydrogen-bond acceptors (Lipinski definition) is 4. The van der Waals surface area contributed by atoms with Gasteiger partial charge < -0.3 is 0 Å². The summed E-state index contributed by atoms with van der Waals surface area (Å²) < 4.78 is 4.05. The van der Waals surface area contributed by atoms with Crippen LogP contribution in [-0.4, -0.2) is 18.7 Å². The molecule has 0 unspecified atom stereocenters. The van der Waals surface area contributed by atoms with Crippen molar-refractivity contribution in [2.24, 2.45) is 14.1 Å². The van der Waals surface area contributed by atoms with Crippen LogP contribution in [0.3, 0.4) is 0 Å². The van der Waals surface area contributed by atoms with Gasteiger partial charge in [-0.25, -0.2) is 9.78 Å². The van der Waals surface area contributed by atoms with E-state index in [1.807, 2.05) is 6.07 Å². The Hall–Kier alpha value is -1.88. The summed E-state index contributed by atoms with van der Waals surface area (Å²) in [6, 6.07) is 1.94. The van der Waals surface area contributed by atoms with Gasteiger partial charge in [-0.05, 0) is 15.9 Å². The average molecular weight is 298 g/mol. The van der Waals surface area contributed by atoms with E-state index in [1.165, 1.54) is 23.2 Å². The summed E-state index contributed by atoms with van der Waals surface area (Å²) in [5.41, 5.74) is -0.406. The van der Waals surface area contributed by atoms with Gasteiger partial charge in [-0.1, -0.05) is 0 Å². The molecule has 0 aliphatic rings. The Morgan fingerprint density at radius 2 is 2.00 bits per heavy atom. The van der Waals surface area contributed by atoms with E-state index in [9.17, 15) is 9.59 Å². The highest BCUT2D eigenvalue weighted by atomic mass is 79.9. The molecule has 0 spiro atoms. The van der Waals surface area contributed by atoms with Gasteiger partial charge >= 0.3 is 5.69 Å². The zero-order chi connectivity index (χ0) is 12.7. The molecule has 0 aromatic carbocycles. The second-order valence-electron chi connectivity index (χ2n) is 3.50. The predicted molar refractivity (Wildman–Crippen MR) is 63.5 cm³/mol. The number of imidazole rings is 1. The van der Waals surface area contributed by atoms with Crippen molar-refractivity contribution in [2.75, 3.05) is 0 Å². The third-order valence-electron chi connectivity index (χ3n) is 2.53. The molecule has 7 nitrogen and oxygen atoms in total. The van der Waals surface area contributed by atoms with Gasteiger partial charge in [0, 0.05) is 14.1 Å². The van der Waals surface area contributed by atoms with E-state index in [0.717, 1.165) is 4.57 Å². The fourth-order valence-electron chi connectivity index (χ4n) is 1.63. The normalized spacial score (nSPS) is 10.7. The molecule has 0 radical (unpaired) electrons. The minimum atomic E-state index is -0.462. The quantitative estimate of drug-likeness (QED) is 0.678. The molecule has 0 saturated heterocycles. The highest BCUT2D eigenvalue weighted by Gasteiger charge is 2.17. The van der Waals surface area contributed by atoms with E-state index in [0.29, 0.717) is 4.73 Å². The Balaban J connectivity index is 3.09. The molecular formula is C9H8BrN5O2. The van der Waals surface area contributed by atoms with Gasteiger partial charge in [0.15, 0.2) is 15.9 Å². The third-order valence-corrected chi connectivity index (χ3v) is 3.14. The summed E-state index contributed by atoms with van der Waals surface area (Å²) >= 11 is 3.17. The first-order valence-corrected chi connectivity index (χ1v) is 5.47. The molecule has 0 saturated carbocycles. The van der Waals surface area contributed by atoms with Crippen LogP contribution < -0.4 is 11.2 Å². The number of rotatable bonds is 1. The first kappa shape index (κ1) is 11.6. The van der Waals surface area contributed by atoms with E-state index < -0.39 is 11.2 Å². The summed E-state index contributed by atoms with van der Waals surface area (Å²) in [6.45, 7) is -0.00940. The number of aryl methyl sites for hydroxylation is 1. The molecule has 2 aromatic rings. The minimum absolute atomic E-state index is 0.00940. The van der Waals surface area contributed by atoms with Crippen LogP contribution in [0.5, 0.6) is 0 Å². The maximum Gasteiger partial charge on any atom is 0.332 e. The maximum atomic E-state index is 12.0. The van der Waals surface area contributed by atoms with Crippen LogP contribution in [0.25, 0.3) is 11.2 Å². The lowest BCUT2D eigenvalue weighted by molar-refractivity contribution is 0.703. The fourth-order valence-corrected chi connectivity index (χ4v) is 2.11. The first-order chi connectivity index (χ1) is 7.99. The highest BCUT2D eigenvalue weighted by molar-refractivity contribution is 9.10. The molecular weight excluding hydrogens is 290 g/mol. The van der Waals surface area contributed by atoms with Crippen LogP contribution in [0, 0.1) is 11.3 Å². The van der Waals surface area contributed by atoms with Crippen LogP contribution in [0.15, 0.2) is 14.3 Å². The van der Waals surface area contributed by atoms with Gasteiger partial charge in [0.2, 0.25) is 0 Å². The molecule has 88 valence electrons.